The number of hydrogen-bond donors (Lipinski definition) is 1. The fourth-order valence-corrected chi connectivity index (χ4v) is 8.69. The van der Waals surface area contributed by atoms with E-state index >= 15 is 0 Å². The van der Waals surface area contributed by atoms with Gasteiger partial charge in [0.25, 0.3) is 0 Å². The first-order chi connectivity index (χ1) is 33.1. The quantitative estimate of drug-likeness (QED) is 0.154. The number of phenols is 1. The molecule has 2 aromatic heterocycles. The Balaban J connectivity index is 0.00000760. The summed E-state index contributed by atoms with van der Waals surface area (Å²) in [6, 6.07) is 39.1. The summed E-state index contributed by atoms with van der Waals surface area (Å²) in [5.41, 5.74) is 12.2. The van der Waals surface area contributed by atoms with Gasteiger partial charge in [-0.25, -0.2) is 4.98 Å². The Morgan fingerprint density at radius 3 is 1.88 bits per heavy atom. The van der Waals surface area contributed by atoms with Crippen LogP contribution >= 0.6 is 0 Å². The van der Waals surface area contributed by atoms with E-state index in [1.165, 1.54) is 12.1 Å². The first-order valence-electron chi connectivity index (χ1n) is 25.9. The number of aromatic nitrogens is 3. The van der Waals surface area contributed by atoms with Gasteiger partial charge in [-0.1, -0.05) is 186 Å². The predicted octanol–water partition coefficient (Wildman–Crippen LogP) is 16.7. The Bertz CT molecular complexity index is 3320. The van der Waals surface area contributed by atoms with Crippen molar-refractivity contribution >= 4 is 11.0 Å². The fraction of sp³-hybridized carbons (Fsp3) is 0.311. The van der Waals surface area contributed by atoms with Gasteiger partial charge in [0.1, 0.15) is 11.6 Å². The first-order valence-corrected chi connectivity index (χ1v) is 22.9. The van der Waals surface area contributed by atoms with E-state index in [1.54, 1.807) is 12.1 Å². The molecule has 0 aliphatic heterocycles. The topological polar surface area (TPSA) is 50.9 Å². The van der Waals surface area contributed by atoms with E-state index in [2.05, 4.69) is 166 Å². The van der Waals surface area contributed by atoms with Crippen LogP contribution in [-0.4, -0.2) is 19.6 Å². The van der Waals surface area contributed by atoms with E-state index in [0.717, 1.165) is 55.7 Å². The number of pyridine rings is 1. The van der Waals surface area contributed by atoms with Gasteiger partial charge >= 0.3 is 0 Å². The maximum Gasteiger partial charge on any atom is 0.148 e. The van der Waals surface area contributed by atoms with E-state index in [4.69, 9.17) is 11.8 Å². The van der Waals surface area contributed by atoms with Crippen molar-refractivity contribution in [2.45, 2.75) is 125 Å². The Hall–Kier alpha value is -5.57. The van der Waals surface area contributed by atoms with Crippen LogP contribution in [0.5, 0.6) is 5.75 Å². The maximum atomic E-state index is 12.7. The van der Waals surface area contributed by atoms with E-state index in [1.807, 2.05) is 24.3 Å². The van der Waals surface area contributed by atoms with E-state index in [-0.39, 0.29) is 79.1 Å². The summed E-state index contributed by atoms with van der Waals surface area (Å²) in [5, 5.41) is 12.7. The van der Waals surface area contributed by atoms with Crippen molar-refractivity contribution in [1.29, 1.82) is 0 Å². The minimum atomic E-state index is -2.40. The molecule has 1 N–H and O–H groups in total. The molecule has 8 rings (SSSR count). The van der Waals surface area contributed by atoms with Gasteiger partial charge < -0.3 is 5.11 Å². The summed E-state index contributed by atoms with van der Waals surface area (Å²) in [6.45, 7) is 25.8. The molecule has 0 amide bonds. The van der Waals surface area contributed by atoms with Crippen LogP contribution in [0.25, 0.3) is 72.7 Å². The van der Waals surface area contributed by atoms with Crippen LogP contribution in [0, 0.1) is 12.9 Å². The number of benzene rings is 6. The van der Waals surface area contributed by atoms with Crippen molar-refractivity contribution in [1.82, 2.24) is 14.5 Å². The average molecular weight is 1060 g/mol. The van der Waals surface area contributed by atoms with E-state index < -0.39 is 17.7 Å². The molecular formula is C61H66N3OPt-. The second kappa shape index (κ2) is 18.3. The smallest absolute Gasteiger partial charge is 0.148 e. The summed E-state index contributed by atoms with van der Waals surface area (Å²) in [7, 11) is 0. The molecule has 0 aliphatic carbocycles. The second-order valence-electron chi connectivity index (χ2n) is 21.3. The zero-order valence-corrected chi connectivity index (χ0v) is 42.9. The molecule has 2 heterocycles. The number of imidazole rings is 1. The van der Waals surface area contributed by atoms with Crippen LogP contribution < -0.4 is 0 Å². The van der Waals surface area contributed by atoms with Crippen LogP contribution in [0.3, 0.4) is 0 Å². The first kappa shape index (κ1) is 40.7. The number of para-hydroxylation sites is 1. The molecule has 342 valence electrons. The minimum Gasteiger partial charge on any atom is -0.507 e. The monoisotopic (exact) mass is 1060 g/mol. The normalized spacial score (nSPS) is 13.8. The number of aryl methyl sites for hydroxylation is 1. The van der Waals surface area contributed by atoms with Crippen molar-refractivity contribution < 1.29 is 34.4 Å². The molecule has 0 bridgehead atoms. The van der Waals surface area contributed by atoms with Crippen molar-refractivity contribution in [2.75, 3.05) is 0 Å². The van der Waals surface area contributed by atoms with Gasteiger partial charge in [0.2, 0.25) is 0 Å². The largest absolute Gasteiger partial charge is 0.507 e. The standard InChI is InChI=1S/C61H66N3O.Pt/c1-37(2)49-32-43(40-21-16-15-17-22-40)33-50(38(3)4)56(49)64-54-25-19-24-48(55(54)63-58(64)51-35-47(60(9,10)11)36-52(57(51)65)61(12,13)14)44-29-45(31-46(30-44)59(6,7)8)53-34-42(26-27-62-53)41-23-18-20-39(5)28-41;/h15-28,30-38,65H,1-14H3;/q-1;/i5D3,26D,27D,34D;. The number of hydrogen-bond acceptors (Lipinski definition) is 3. The molecule has 8 aromatic rings. The van der Waals surface area contributed by atoms with Crippen LogP contribution in [0.2, 0.25) is 0 Å². The van der Waals surface area contributed by atoms with Gasteiger partial charge in [0, 0.05) is 42.6 Å². The maximum absolute atomic E-state index is 12.7. The van der Waals surface area contributed by atoms with Crippen molar-refractivity contribution in [2.24, 2.45) is 0 Å². The number of phenolic OH excluding ortho intramolecular Hbond substituents is 1. The third-order valence-electron chi connectivity index (χ3n) is 12.5. The SMILES string of the molecule is [2H]c1nc(-c2[c-]c(-c3cccc4c3nc(-c3cc(C(C)(C)C)cc(C(C)(C)C)c3O)n4-c3c(C(C)C)cc(-c4ccccc4)cc3C(C)C)cc(C(C)(C)C)c2)c([2H])c(-c2cccc(C([2H])([2H])[2H])c2)c1[2H].[Pt]. The van der Waals surface area contributed by atoms with Crippen LogP contribution in [0.1, 0.15) is 143 Å². The van der Waals surface area contributed by atoms with Crippen LogP contribution in [-0.2, 0) is 37.3 Å². The van der Waals surface area contributed by atoms with E-state index in [0.29, 0.717) is 33.6 Å². The molecule has 0 unspecified atom stereocenters. The molecule has 5 heteroatoms. The Labute approximate surface area is 417 Å². The van der Waals surface area contributed by atoms with E-state index in [9.17, 15) is 6.48 Å². The molecule has 0 aliphatic rings. The Morgan fingerprint density at radius 1 is 0.636 bits per heavy atom. The molecule has 66 heavy (non-hydrogen) atoms. The zero-order chi connectivity index (χ0) is 51.9. The van der Waals surface area contributed by atoms with Gasteiger partial charge in [-0.05, 0) is 104 Å². The van der Waals surface area contributed by atoms with Crippen molar-refractivity contribution in [3.63, 3.8) is 0 Å². The zero-order valence-electron chi connectivity index (χ0n) is 46.7. The molecule has 0 saturated heterocycles. The van der Waals surface area contributed by atoms with Gasteiger partial charge in [-0.3, -0.25) is 9.55 Å². The molecule has 0 saturated carbocycles. The molecule has 0 atom stereocenters. The predicted molar refractivity (Wildman–Crippen MR) is 276 cm³/mol. The summed E-state index contributed by atoms with van der Waals surface area (Å²) < 4.78 is 53.9. The Kier molecular flexibility index (Phi) is 11.3. The number of nitrogens with zero attached hydrogens (tertiary/aromatic N) is 3. The number of aromatic hydroxyl groups is 1. The van der Waals surface area contributed by atoms with Gasteiger partial charge in [0.05, 0.1) is 26.4 Å². The molecular weight excluding hydrogens is 986 g/mol. The molecule has 4 nitrogen and oxygen atoms in total. The fourth-order valence-electron chi connectivity index (χ4n) is 8.69. The minimum absolute atomic E-state index is 0. The van der Waals surface area contributed by atoms with Crippen molar-refractivity contribution in [3.8, 4) is 67.5 Å². The molecule has 6 aromatic carbocycles. The van der Waals surface area contributed by atoms with Crippen LogP contribution in [0.4, 0.5) is 0 Å². The molecule has 0 spiro atoms. The van der Waals surface area contributed by atoms with Gasteiger partial charge in [0.15, 0.2) is 0 Å². The Morgan fingerprint density at radius 2 is 1.26 bits per heavy atom. The van der Waals surface area contributed by atoms with Gasteiger partial charge in [-0.15, -0.1) is 29.3 Å². The molecule has 0 radical (unpaired) electrons. The van der Waals surface area contributed by atoms with Gasteiger partial charge in [-0.2, -0.15) is 0 Å². The summed E-state index contributed by atoms with van der Waals surface area (Å²) >= 11 is 0. The summed E-state index contributed by atoms with van der Waals surface area (Å²) in [4.78, 5) is 10.2. The molecule has 0 fully saturated rings. The number of rotatable bonds is 8. The third-order valence-corrected chi connectivity index (χ3v) is 12.5. The summed E-state index contributed by atoms with van der Waals surface area (Å²) in [6.07, 6.45) is -0.334. The van der Waals surface area contributed by atoms with Crippen molar-refractivity contribution in [3.05, 3.63) is 167 Å². The number of fused-ring (bicyclic) bond motifs is 1. The summed E-state index contributed by atoms with van der Waals surface area (Å²) in [5.74, 6) is 0.990. The average Bonchev–Trinajstić information content (AvgIpc) is 3.68. The third kappa shape index (κ3) is 9.50. The van der Waals surface area contributed by atoms with Crippen LogP contribution in [0.15, 0.2) is 127 Å². The second-order valence-corrected chi connectivity index (χ2v) is 21.3.